The molecule has 2 atom stereocenters. The number of aliphatic imine (C=N–C) groups is 1. The number of hydrogen-bond donors (Lipinski definition) is 1. The summed E-state index contributed by atoms with van der Waals surface area (Å²) in [7, 11) is 1.70. The molecular weight excluding hydrogens is 394 g/mol. The lowest BCUT2D eigenvalue weighted by atomic mass is 9.99. The largest absolute Gasteiger partial charge is 0.472 e. The molecule has 1 aliphatic heterocycles. The number of amides is 1. The number of piperidine rings is 1. The molecule has 160 valence electrons. The quantitative estimate of drug-likeness (QED) is 0.636. The Hall–Kier alpha value is -3.75. The molecule has 3 heterocycles. The number of carbonyl (C=O) groups excluding carboxylic acids is 1. The van der Waals surface area contributed by atoms with Crippen molar-refractivity contribution in [1.29, 1.82) is 0 Å². The summed E-state index contributed by atoms with van der Waals surface area (Å²) in [5.41, 5.74) is 8.42. The normalized spacial score (nSPS) is 19.0. The number of nitrogens with two attached hydrogens (primary N) is 1. The molecule has 1 aliphatic rings. The number of nitrogen functional groups attached to an aromatic ring is 1. The Morgan fingerprint density at radius 3 is 2.74 bits per heavy atom. The highest BCUT2D eigenvalue weighted by Gasteiger charge is 2.32. The van der Waals surface area contributed by atoms with Crippen LogP contribution in [0.2, 0.25) is 0 Å². The number of benzene rings is 1. The van der Waals surface area contributed by atoms with Crippen molar-refractivity contribution in [2.24, 2.45) is 4.99 Å². The average molecular weight is 419 g/mol. The molecule has 0 bridgehead atoms. The summed E-state index contributed by atoms with van der Waals surface area (Å²) < 4.78 is 6.02. The van der Waals surface area contributed by atoms with Crippen molar-refractivity contribution in [2.45, 2.75) is 31.9 Å². The molecule has 3 aromatic rings. The monoisotopic (exact) mass is 419 g/mol. The topological polar surface area (TPSA) is 112 Å². The summed E-state index contributed by atoms with van der Waals surface area (Å²) in [5, 5.41) is 8.44. The number of rotatable bonds is 5. The third-order valence-electron chi connectivity index (χ3n) is 5.31. The predicted molar refractivity (Wildman–Crippen MR) is 118 cm³/mol. The SMILES string of the molecule is CN=Cc1ccc(C(=O)N2CC(Oc3cc(N)ccn3)CCC2C)c(-n2nccn2)c1. The van der Waals surface area contributed by atoms with Gasteiger partial charge in [-0.15, -0.1) is 0 Å². The molecule has 1 saturated heterocycles. The van der Waals surface area contributed by atoms with Gasteiger partial charge in [-0.1, -0.05) is 6.07 Å². The first-order valence-corrected chi connectivity index (χ1v) is 10.2. The Labute approximate surface area is 180 Å². The van der Waals surface area contributed by atoms with Gasteiger partial charge in [-0.2, -0.15) is 15.0 Å². The predicted octanol–water partition coefficient (Wildman–Crippen LogP) is 2.37. The molecule has 2 unspecified atom stereocenters. The van der Waals surface area contributed by atoms with Crippen molar-refractivity contribution in [2.75, 3.05) is 19.3 Å². The lowest BCUT2D eigenvalue weighted by molar-refractivity contribution is 0.0373. The standard InChI is InChI=1S/C22H25N7O2/c1-15-3-5-18(31-21-12-17(23)7-8-25-21)14-28(15)22(30)19-6-4-16(13-24-2)11-20(19)29-26-9-10-27-29/h4,6-13,15,18H,3,5,14H2,1-2H3,(H2,23,25). The highest BCUT2D eigenvalue weighted by atomic mass is 16.5. The van der Waals surface area contributed by atoms with E-state index in [-0.39, 0.29) is 18.1 Å². The van der Waals surface area contributed by atoms with Gasteiger partial charge < -0.3 is 15.4 Å². The Balaban J connectivity index is 1.60. The zero-order chi connectivity index (χ0) is 21.8. The van der Waals surface area contributed by atoms with E-state index in [4.69, 9.17) is 10.5 Å². The van der Waals surface area contributed by atoms with E-state index in [1.165, 1.54) is 4.80 Å². The molecule has 1 fully saturated rings. The zero-order valence-electron chi connectivity index (χ0n) is 17.5. The summed E-state index contributed by atoms with van der Waals surface area (Å²) in [5.74, 6) is 0.380. The van der Waals surface area contributed by atoms with Crippen LogP contribution in [0.1, 0.15) is 35.7 Å². The maximum atomic E-state index is 13.6. The second-order valence-corrected chi connectivity index (χ2v) is 7.53. The average Bonchev–Trinajstić information content (AvgIpc) is 3.30. The minimum atomic E-state index is -0.160. The summed E-state index contributed by atoms with van der Waals surface area (Å²) >= 11 is 0. The first kappa shape index (κ1) is 20.5. The Morgan fingerprint density at radius 1 is 1.19 bits per heavy atom. The van der Waals surface area contributed by atoms with Crippen LogP contribution in [-0.2, 0) is 0 Å². The van der Waals surface area contributed by atoms with E-state index in [1.54, 1.807) is 50.1 Å². The van der Waals surface area contributed by atoms with Gasteiger partial charge in [0.1, 0.15) is 6.10 Å². The molecule has 0 spiro atoms. The third-order valence-corrected chi connectivity index (χ3v) is 5.31. The molecular formula is C22H25N7O2. The van der Waals surface area contributed by atoms with Gasteiger partial charge in [0.2, 0.25) is 5.88 Å². The number of hydrogen-bond acceptors (Lipinski definition) is 7. The Bertz CT molecular complexity index is 1080. The lowest BCUT2D eigenvalue weighted by Gasteiger charge is -2.38. The minimum absolute atomic E-state index is 0.0801. The van der Waals surface area contributed by atoms with Gasteiger partial charge in [-0.25, -0.2) is 4.98 Å². The maximum absolute atomic E-state index is 13.6. The second-order valence-electron chi connectivity index (χ2n) is 7.53. The van der Waals surface area contributed by atoms with Crippen LogP contribution in [0.5, 0.6) is 5.88 Å². The van der Waals surface area contributed by atoms with Crippen LogP contribution in [0.3, 0.4) is 0 Å². The van der Waals surface area contributed by atoms with Gasteiger partial charge in [-0.05, 0) is 43.5 Å². The molecule has 0 aliphatic carbocycles. The summed E-state index contributed by atoms with van der Waals surface area (Å²) in [6.07, 6.45) is 8.01. The first-order chi connectivity index (χ1) is 15.0. The molecule has 2 N–H and O–H groups in total. The summed E-state index contributed by atoms with van der Waals surface area (Å²) in [6.45, 7) is 2.51. The highest BCUT2D eigenvalue weighted by Crippen LogP contribution is 2.25. The van der Waals surface area contributed by atoms with Crippen molar-refractivity contribution in [1.82, 2.24) is 24.9 Å². The third kappa shape index (κ3) is 4.55. The van der Waals surface area contributed by atoms with Crippen LogP contribution in [0, 0.1) is 0 Å². The first-order valence-electron chi connectivity index (χ1n) is 10.2. The van der Waals surface area contributed by atoms with Crippen molar-refractivity contribution in [3.63, 3.8) is 0 Å². The molecule has 9 nitrogen and oxygen atoms in total. The minimum Gasteiger partial charge on any atom is -0.472 e. The summed E-state index contributed by atoms with van der Waals surface area (Å²) in [6, 6.07) is 9.01. The van der Waals surface area contributed by atoms with Crippen molar-refractivity contribution >= 4 is 17.8 Å². The lowest BCUT2D eigenvalue weighted by Crippen LogP contribution is -2.49. The van der Waals surface area contributed by atoms with Crippen molar-refractivity contribution in [3.8, 4) is 11.6 Å². The van der Waals surface area contributed by atoms with Gasteiger partial charge in [-0.3, -0.25) is 9.79 Å². The van der Waals surface area contributed by atoms with Crippen LogP contribution in [0.4, 0.5) is 5.69 Å². The maximum Gasteiger partial charge on any atom is 0.256 e. The molecule has 31 heavy (non-hydrogen) atoms. The molecule has 2 aromatic heterocycles. The Morgan fingerprint density at radius 2 is 2.00 bits per heavy atom. The van der Waals surface area contributed by atoms with E-state index >= 15 is 0 Å². The number of ether oxygens (including phenoxy) is 1. The highest BCUT2D eigenvalue weighted by molar-refractivity contribution is 5.99. The number of likely N-dealkylation sites (tertiary alicyclic amines) is 1. The van der Waals surface area contributed by atoms with Crippen molar-refractivity contribution in [3.05, 3.63) is 60.0 Å². The fraction of sp³-hybridized carbons (Fsp3) is 0.318. The smallest absolute Gasteiger partial charge is 0.256 e. The van der Waals surface area contributed by atoms with Gasteiger partial charge in [0.15, 0.2) is 0 Å². The fourth-order valence-electron chi connectivity index (χ4n) is 3.73. The second kappa shape index (κ2) is 8.95. The number of anilines is 1. The van der Waals surface area contributed by atoms with E-state index in [1.807, 2.05) is 17.0 Å². The van der Waals surface area contributed by atoms with Crippen LogP contribution >= 0.6 is 0 Å². The van der Waals surface area contributed by atoms with Crippen LogP contribution in [0.25, 0.3) is 5.69 Å². The van der Waals surface area contributed by atoms with Crippen molar-refractivity contribution < 1.29 is 9.53 Å². The van der Waals surface area contributed by atoms with E-state index in [2.05, 4.69) is 27.1 Å². The number of pyridine rings is 1. The number of aromatic nitrogens is 4. The molecule has 9 heteroatoms. The Kier molecular flexibility index (Phi) is 5.92. The van der Waals surface area contributed by atoms with Crippen LogP contribution < -0.4 is 10.5 Å². The van der Waals surface area contributed by atoms with E-state index in [0.29, 0.717) is 29.4 Å². The van der Waals surface area contributed by atoms with Gasteiger partial charge in [0.05, 0.1) is 30.2 Å². The van der Waals surface area contributed by atoms with E-state index in [9.17, 15) is 4.79 Å². The molecule has 1 aromatic carbocycles. The summed E-state index contributed by atoms with van der Waals surface area (Å²) in [4.78, 5) is 25.2. The van der Waals surface area contributed by atoms with Crippen LogP contribution in [0.15, 0.2) is 53.9 Å². The number of nitrogens with zero attached hydrogens (tertiary/aromatic N) is 6. The van der Waals surface area contributed by atoms with Crippen LogP contribution in [-0.4, -0.2) is 62.7 Å². The molecule has 0 radical (unpaired) electrons. The fourth-order valence-corrected chi connectivity index (χ4v) is 3.73. The zero-order valence-corrected chi connectivity index (χ0v) is 17.5. The van der Waals surface area contributed by atoms with Gasteiger partial charge >= 0.3 is 0 Å². The van der Waals surface area contributed by atoms with E-state index in [0.717, 1.165) is 18.4 Å². The molecule has 4 rings (SSSR count). The van der Waals surface area contributed by atoms with Gasteiger partial charge in [0, 0.05) is 37.3 Å². The number of carbonyl (C=O) groups is 1. The molecule has 0 saturated carbocycles. The van der Waals surface area contributed by atoms with Gasteiger partial charge in [0.25, 0.3) is 5.91 Å². The molecule has 1 amide bonds. The van der Waals surface area contributed by atoms with E-state index < -0.39 is 0 Å².